The van der Waals surface area contributed by atoms with Gasteiger partial charge in [-0.3, -0.25) is 20.4 Å². The average Bonchev–Trinajstić information content (AvgIpc) is 3.30. The van der Waals surface area contributed by atoms with E-state index < -0.39 is 27.9 Å². The molecule has 1 aromatic heterocycles. The number of benzene rings is 2. The number of ether oxygens (including phenoxy) is 2. The highest BCUT2D eigenvalue weighted by Crippen LogP contribution is 2.16. The fraction of sp³-hybridized carbons (Fsp3) is 0.182. The van der Waals surface area contributed by atoms with Gasteiger partial charge in [0.05, 0.1) is 18.0 Å². The Morgan fingerprint density at radius 2 is 1.64 bits per heavy atom. The van der Waals surface area contributed by atoms with Crippen molar-refractivity contribution in [3.05, 3.63) is 78.3 Å². The molecule has 0 spiro atoms. The lowest BCUT2D eigenvalue weighted by Gasteiger charge is -2.14. The van der Waals surface area contributed by atoms with E-state index in [0.717, 1.165) is 0 Å². The molecule has 1 heterocycles. The maximum atomic E-state index is 12.4. The Hall–Kier alpha value is -3.83. The minimum absolute atomic E-state index is 0.0344. The van der Waals surface area contributed by atoms with Gasteiger partial charge in [0.25, 0.3) is 5.91 Å². The molecule has 0 fully saturated rings. The second-order valence-corrected chi connectivity index (χ2v) is 8.54. The fourth-order valence-corrected chi connectivity index (χ4v) is 3.85. The Morgan fingerprint density at radius 3 is 2.30 bits per heavy atom. The van der Waals surface area contributed by atoms with Crippen LogP contribution in [0.5, 0.6) is 11.5 Å². The van der Waals surface area contributed by atoms with Gasteiger partial charge < -0.3 is 13.9 Å². The Labute approximate surface area is 190 Å². The number of carbonyl (C=O) groups is 2. The number of furan rings is 1. The zero-order valence-corrected chi connectivity index (χ0v) is 18.7. The molecule has 0 aliphatic carbocycles. The van der Waals surface area contributed by atoms with Crippen molar-refractivity contribution in [1.29, 1.82) is 0 Å². The van der Waals surface area contributed by atoms with Gasteiger partial charge in [0.2, 0.25) is 10.0 Å². The van der Waals surface area contributed by atoms with E-state index in [2.05, 4.69) is 15.6 Å². The normalized spacial score (nSPS) is 11.9. The van der Waals surface area contributed by atoms with E-state index >= 15 is 0 Å². The molecule has 0 aliphatic heterocycles. The first-order valence-electron chi connectivity index (χ1n) is 9.81. The first-order chi connectivity index (χ1) is 15.8. The molecule has 3 aromatic rings. The zero-order valence-electron chi connectivity index (χ0n) is 17.9. The predicted molar refractivity (Wildman–Crippen MR) is 118 cm³/mol. The number of amides is 2. The third kappa shape index (κ3) is 6.57. The Bertz CT molecular complexity index is 1190. The van der Waals surface area contributed by atoms with E-state index in [1.165, 1.54) is 44.4 Å². The van der Waals surface area contributed by atoms with Crippen molar-refractivity contribution < 1.29 is 31.9 Å². The number of sulfonamides is 1. The summed E-state index contributed by atoms with van der Waals surface area (Å²) in [6.45, 7) is 1.46. The lowest BCUT2D eigenvalue weighted by Crippen LogP contribution is -2.50. The molecule has 0 saturated heterocycles. The standard InChI is InChI=1S/C22H23N3O7S/c1-15(25-33(28,29)19-11-8-16(30-2)9-12-19)21(26)23-24-22(27)20-13-10-18(32-20)14-31-17-6-4-3-5-7-17/h3-13,15,25H,14H2,1-2H3,(H,23,26)(H,24,27)/t15-/m0/s1. The summed E-state index contributed by atoms with van der Waals surface area (Å²) < 4.78 is 43.0. The molecule has 1 atom stereocenters. The van der Waals surface area contributed by atoms with E-state index in [9.17, 15) is 18.0 Å². The summed E-state index contributed by atoms with van der Waals surface area (Å²) in [7, 11) is -2.49. The number of hydrogen-bond acceptors (Lipinski definition) is 7. The number of nitrogens with one attached hydrogen (secondary N) is 3. The van der Waals surface area contributed by atoms with Crippen LogP contribution in [0, 0.1) is 0 Å². The van der Waals surface area contributed by atoms with E-state index in [-0.39, 0.29) is 17.3 Å². The van der Waals surface area contributed by atoms with Crippen LogP contribution in [-0.4, -0.2) is 33.4 Å². The summed E-state index contributed by atoms with van der Waals surface area (Å²) in [6.07, 6.45) is 0. The van der Waals surface area contributed by atoms with Crippen molar-refractivity contribution in [2.45, 2.75) is 24.5 Å². The maximum Gasteiger partial charge on any atom is 0.305 e. The van der Waals surface area contributed by atoms with Gasteiger partial charge in [-0.1, -0.05) is 18.2 Å². The van der Waals surface area contributed by atoms with Crippen molar-refractivity contribution >= 4 is 21.8 Å². The summed E-state index contributed by atoms with van der Waals surface area (Å²) in [4.78, 5) is 24.4. The summed E-state index contributed by atoms with van der Waals surface area (Å²) in [6, 6.07) is 16.6. The number of para-hydroxylation sites is 1. The molecular formula is C22H23N3O7S. The minimum Gasteiger partial charge on any atom is -0.497 e. The van der Waals surface area contributed by atoms with Gasteiger partial charge in [0, 0.05) is 0 Å². The Kier molecular flexibility index (Phi) is 7.70. The monoisotopic (exact) mass is 473 g/mol. The molecule has 174 valence electrons. The van der Waals surface area contributed by atoms with Crippen LogP contribution in [0.15, 0.2) is 76.0 Å². The van der Waals surface area contributed by atoms with Gasteiger partial charge in [-0.05, 0) is 55.5 Å². The SMILES string of the molecule is COc1ccc(S(=O)(=O)N[C@@H](C)C(=O)NNC(=O)c2ccc(COc3ccccc3)o2)cc1. The highest BCUT2D eigenvalue weighted by molar-refractivity contribution is 7.89. The third-order valence-electron chi connectivity index (χ3n) is 4.40. The number of carbonyl (C=O) groups excluding carboxylic acids is 2. The molecule has 2 amide bonds. The van der Waals surface area contributed by atoms with Crippen LogP contribution < -0.4 is 25.0 Å². The zero-order chi connectivity index (χ0) is 23.8. The van der Waals surface area contributed by atoms with Crippen molar-refractivity contribution in [1.82, 2.24) is 15.6 Å². The number of methoxy groups -OCH3 is 1. The highest BCUT2D eigenvalue weighted by atomic mass is 32.2. The molecule has 0 aliphatic rings. The van der Waals surface area contributed by atoms with Crippen molar-refractivity contribution in [2.75, 3.05) is 7.11 Å². The van der Waals surface area contributed by atoms with Crippen molar-refractivity contribution in [3.8, 4) is 11.5 Å². The van der Waals surface area contributed by atoms with Gasteiger partial charge in [0.1, 0.15) is 23.9 Å². The molecular weight excluding hydrogens is 450 g/mol. The molecule has 3 N–H and O–H groups in total. The number of hydrogen-bond donors (Lipinski definition) is 3. The largest absolute Gasteiger partial charge is 0.497 e. The number of hydrazine groups is 1. The minimum atomic E-state index is -3.96. The van der Waals surface area contributed by atoms with Crippen LogP contribution in [0.2, 0.25) is 0 Å². The van der Waals surface area contributed by atoms with Gasteiger partial charge in [0.15, 0.2) is 5.76 Å². The Morgan fingerprint density at radius 1 is 0.939 bits per heavy atom. The second kappa shape index (κ2) is 10.7. The maximum absolute atomic E-state index is 12.4. The molecule has 0 unspecified atom stereocenters. The summed E-state index contributed by atoms with van der Waals surface area (Å²) >= 11 is 0. The van der Waals surface area contributed by atoms with E-state index in [4.69, 9.17) is 13.9 Å². The predicted octanol–water partition coefficient (Wildman–Crippen LogP) is 2.00. The lowest BCUT2D eigenvalue weighted by atomic mass is 10.3. The fourth-order valence-electron chi connectivity index (χ4n) is 2.65. The van der Waals surface area contributed by atoms with E-state index in [1.807, 2.05) is 18.2 Å². The first-order valence-corrected chi connectivity index (χ1v) is 11.3. The molecule has 33 heavy (non-hydrogen) atoms. The van der Waals surface area contributed by atoms with Gasteiger partial charge in [-0.15, -0.1) is 0 Å². The summed E-state index contributed by atoms with van der Waals surface area (Å²) in [5, 5.41) is 0. The topological polar surface area (TPSA) is 136 Å². The quantitative estimate of drug-likeness (QED) is 0.404. The summed E-state index contributed by atoms with van der Waals surface area (Å²) in [5.74, 6) is 0.0388. The van der Waals surface area contributed by atoms with Crippen LogP contribution in [-0.2, 0) is 21.4 Å². The molecule has 0 radical (unpaired) electrons. The van der Waals surface area contributed by atoms with Gasteiger partial charge in [-0.2, -0.15) is 4.72 Å². The molecule has 2 aromatic carbocycles. The molecule has 0 bridgehead atoms. The molecule has 0 saturated carbocycles. The molecule has 10 nitrogen and oxygen atoms in total. The first kappa shape index (κ1) is 23.8. The van der Waals surface area contributed by atoms with Crippen LogP contribution in [0.1, 0.15) is 23.2 Å². The van der Waals surface area contributed by atoms with Crippen LogP contribution in [0.3, 0.4) is 0 Å². The van der Waals surface area contributed by atoms with Crippen LogP contribution in [0.25, 0.3) is 0 Å². The van der Waals surface area contributed by atoms with Gasteiger partial charge in [-0.25, -0.2) is 8.42 Å². The smallest absolute Gasteiger partial charge is 0.305 e. The van der Waals surface area contributed by atoms with Crippen LogP contribution in [0.4, 0.5) is 0 Å². The van der Waals surface area contributed by atoms with Crippen molar-refractivity contribution in [3.63, 3.8) is 0 Å². The van der Waals surface area contributed by atoms with E-state index in [0.29, 0.717) is 17.3 Å². The van der Waals surface area contributed by atoms with Gasteiger partial charge >= 0.3 is 5.91 Å². The second-order valence-electron chi connectivity index (χ2n) is 6.83. The van der Waals surface area contributed by atoms with E-state index in [1.54, 1.807) is 18.2 Å². The highest BCUT2D eigenvalue weighted by Gasteiger charge is 2.23. The number of rotatable bonds is 9. The van der Waals surface area contributed by atoms with Crippen LogP contribution >= 0.6 is 0 Å². The molecule has 3 rings (SSSR count). The van der Waals surface area contributed by atoms with Crippen molar-refractivity contribution in [2.24, 2.45) is 0 Å². The Balaban J connectivity index is 1.49. The third-order valence-corrected chi connectivity index (χ3v) is 5.96. The average molecular weight is 474 g/mol. The molecule has 11 heteroatoms. The summed E-state index contributed by atoms with van der Waals surface area (Å²) in [5.41, 5.74) is 4.35. The lowest BCUT2D eigenvalue weighted by molar-refractivity contribution is -0.123.